The van der Waals surface area contributed by atoms with Gasteiger partial charge in [-0.2, -0.15) is 0 Å². The molecule has 2 aliphatic heterocycles. The molecule has 2 aliphatic rings. The van der Waals surface area contributed by atoms with Crippen molar-refractivity contribution in [2.45, 2.75) is 39.3 Å². The normalized spacial score (nSPS) is 22.1. The predicted octanol–water partition coefficient (Wildman–Crippen LogP) is 5.22. The number of aliphatic imine (C=N–C) groups is 1. The zero-order valence-corrected chi connectivity index (χ0v) is 20.2. The number of thioether (sulfide) groups is 1. The molecule has 2 aromatic carbocycles. The quantitative estimate of drug-likeness (QED) is 0.429. The summed E-state index contributed by atoms with van der Waals surface area (Å²) >= 11 is 7.13. The second kappa shape index (κ2) is 8.80. The van der Waals surface area contributed by atoms with Crippen LogP contribution in [0.25, 0.3) is 0 Å². The van der Waals surface area contributed by atoms with E-state index in [1.54, 1.807) is 32.0 Å². The highest BCUT2D eigenvalue weighted by atomic mass is 35.5. The SMILES string of the molecule is [B]c1ccc(C2(C)N=C3SC(C(=O)OCC)=C(C(C)C)N3C2c2ccc(Cl)c(F)c2)c(F)c1. The third kappa shape index (κ3) is 3.97. The van der Waals surface area contributed by atoms with Gasteiger partial charge in [0.2, 0.25) is 0 Å². The Morgan fingerprint density at radius 1 is 1.27 bits per heavy atom. The van der Waals surface area contributed by atoms with Crippen LogP contribution in [0.1, 0.15) is 44.9 Å². The van der Waals surface area contributed by atoms with Crippen LogP contribution in [0, 0.1) is 17.6 Å². The van der Waals surface area contributed by atoms with Crippen molar-refractivity contribution < 1.29 is 18.3 Å². The Bertz CT molecular complexity index is 1200. The van der Waals surface area contributed by atoms with E-state index in [0.29, 0.717) is 32.4 Å². The number of hydrogen-bond acceptors (Lipinski definition) is 5. The van der Waals surface area contributed by atoms with Crippen LogP contribution >= 0.6 is 23.4 Å². The highest BCUT2D eigenvalue weighted by molar-refractivity contribution is 8.18. The molecular formula is C24H22BClF2N2O2S. The summed E-state index contributed by atoms with van der Waals surface area (Å²) in [6.07, 6.45) is 0. The standard InChI is InChI=1S/C24H22BClF2N2O2S/c1-5-32-22(31)20-19(12(2)3)30-21(13-6-9-16(26)18(28)10-13)24(4,29-23(30)33-20)15-8-7-14(25)11-17(15)27/h6-12,21H,5H2,1-4H3. The molecule has 2 atom stereocenters. The number of fused-ring (bicyclic) bond motifs is 1. The molecule has 0 bridgehead atoms. The lowest BCUT2D eigenvalue weighted by molar-refractivity contribution is -0.137. The Morgan fingerprint density at radius 3 is 2.61 bits per heavy atom. The zero-order valence-electron chi connectivity index (χ0n) is 18.7. The molecule has 170 valence electrons. The van der Waals surface area contributed by atoms with Gasteiger partial charge in [0.1, 0.15) is 29.9 Å². The number of carbonyl (C=O) groups is 1. The van der Waals surface area contributed by atoms with Crippen LogP contribution in [0.4, 0.5) is 8.78 Å². The number of carbonyl (C=O) groups excluding carboxylic acids is 1. The molecule has 2 heterocycles. The van der Waals surface area contributed by atoms with Crippen molar-refractivity contribution in [1.82, 2.24) is 4.90 Å². The fraction of sp³-hybridized carbons (Fsp3) is 0.333. The smallest absolute Gasteiger partial charge is 0.346 e. The molecule has 4 rings (SSSR count). The van der Waals surface area contributed by atoms with Gasteiger partial charge in [-0.15, -0.1) is 0 Å². The molecule has 2 radical (unpaired) electrons. The van der Waals surface area contributed by atoms with Gasteiger partial charge in [-0.1, -0.05) is 49.1 Å². The van der Waals surface area contributed by atoms with Crippen LogP contribution in [-0.4, -0.2) is 30.5 Å². The summed E-state index contributed by atoms with van der Waals surface area (Å²) in [6, 6.07) is 8.35. The van der Waals surface area contributed by atoms with Gasteiger partial charge in [-0.25, -0.2) is 18.6 Å². The summed E-state index contributed by atoms with van der Waals surface area (Å²) in [5.41, 5.74) is 0.748. The van der Waals surface area contributed by atoms with E-state index in [1.807, 2.05) is 18.7 Å². The van der Waals surface area contributed by atoms with Crippen molar-refractivity contribution in [3.05, 3.63) is 74.8 Å². The van der Waals surface area contributed by atoms with Crippen molar-refractivity contribution in [2.75, 3.05) is 6.61 Å². The minimum absolute atomic E-state index is 0.0131. The summed E-state index contributed by atoms with van der Waals surface area (Å²) < 4.78 is 35.0. The number of ether oxygens (including phenoxy) is 1. The largest absolute Gasteiger partial charge is 0.462 e. The molecule has 0 aliphatic carbocycles. The van der Waals surface area contributed by atoms with E-state index < -0.39 is 29.2 Å². The van der Waals surface area contributed by atoms with E-state index in [4.69, 9.17) is 29.2 Å². The minimum atomic E-state index is -1.12. The lowest BCUT2D eigenvalue weighted by atomic mass is 9.79. The number of benzene rings is 2. The van der Waals surface area contributed by atoms with Crippen molar-refractivity contribution in [2.24, 2.45) is 10.9 Å². The van der Waals surface area contributed by atoms with Gasteiger partial charge >= 0.3 is 5.97 Å². The molecule has 2 aromatic rings. The van der Waals surface area contributed by atoms with Crippen LogP contribution in [0.15, 0.2) is 52.0 Å². The molecular weight excluding hydrogens is 465 g/mol. The van der Waals surface area contributed by atoms with E-state index in [1.165, 1.54) is 30.0 Å². The number of hydrogen-bond donors (Lipinski definition) is 0. The first kappa shape index (κ1) is 23.8. The molecule has 4 nitrogen and oxygen atoms in total. The van der Waals surface area contributed by atoms with Crippen LogP contribution < -0.4 is 5.46 Å². The summed E-state index contributed by atoms with van der Waals surface area (Å²) in [6.45, 7) is 7.69. The summed E-state index contributed by atoms with van der Waals surface area (Å²) in [5, 5.41) is 0.515. The third-order valence-electron chi connectivity index (χ3n) is 5.82. The first-order chi connectivity index (χ1) is 15.6. The number of rotatable bonds is 5. The second-order valence-corrected chi connectivity index (χ2v) is 9.80. The Kier molecular flexibility index (Phi) is 6.35. The fourth-order valence-corrected chi connectivity index (χ4v) is 5.85. The van der Waals surface area contributed by atoms with Gasteiger partial charge < -0.3 is 9.64 Å². The number of esters is 1. The zero-order chi connectivity index (χ0) is 24.1. The highest BCUT2D eigenvalue weighted by Gasteiger charge is 2.54. The molecule has 0 amide bonds. The van der Waals surface area contributed by atoms with Crippen molar-refractivity contribution >= 4 is 47.8 Å². The Morgan fingerprint density at radius 2 is 2.00 bits per heavy atom. The number of halogens is 3. The molecule has 9 heteroatoms. The van der Waals surface area contributed by atoms with E-state index in [2.05, 4.69) is 0 Å². The predicted molar refractivity (Wildman–Crippen MR) is 129 cm³/mol. The fourth-order valence-electron chi connectivity index (χ4n) is 4.43. The summed E-state index contributed by atoms with van der Waals surface area (Å²) in [7, 11) is 5.77. The number of allylic oxidation sites excluding steroid dienone is 1. The number of nitrogens with zero attached hydrogens (tertiary/aromatic N) is 2. The Balaban J connectivity index is 1.94. The lowest BCUT2D eigenvalue weighted by Crippen LogP contribution is -2.37. The maximum Gasteiger partial charge on any atom is 0.346 e. The topological polar surface area (TPSA) is 41.9 Å². The molecule has 0 fully saturated rings. The van der Waals surface area contributed by atoms with Crippen molar-refractivity contribution in [3.8, 4) is 0 Å². The first-order valence-corrected chi connectivity index (χ1v) is 11.8. The van der Waals surface area contributed by atoms with Crippen molar-refractivity contribution in [1.29, 1.82) is 0 Å². The van der Waals surface area contributed by atoms with E-state index >= 15 is 4.39 Å². The third-order valence-corrected chi connectivity index (χ3v) is 7.17. The average molecular weight is 487 g/mol. The molecule has 0 saturated heterocycles. The van der Waals surface area contributed by atoms with Gasteiger partial charge in [-0.05, 0) is 55.3 Å². The minimum Gasteiger partial charge on any atom is -0.462 e. The monoisotopic (exact) mass is 486 g/mol. The molecule has 0 spiro atoms. The number of amidine groups is 1. The molecule has 33 heavy (non-hydrogen) atoms. The second-order valence-electron chi connectivity index (χ2n) is 8.42. The first-order valence-electron chi connectivity index (χ1n) is 10.6. The maximum absolute atomic E-state index is 15.2. The van der Waals surface area contributed by atoms with Crippen LogP contribution in [0.5, 0.6) is 0 Å². The lowest BCUT2D eigenvalue weighted by Gasteiger charge is -2.37. The van der Waals surface area contributed by atoms with Crippen LogP contribution in [0.3, 0.4) is 0 Å². The molecule has 0 N–H and O–H groups in total. The summed E-state index contributed by atoms with van der Waals surface area (Å²) in [4.78, 5) is 20.0. The molecule has 2 unspecified atom stereocenters. The summed E-state index contributed by atoms with van der Waals surface area (Å²) in [5.74, 6) is -1.61. The Labute approximate surface area is 202 Å². The van der Waals surface area contributed by atoms with Crippen LogP contribution in [-0.2, 0) is 15.1 Å². The van der Waals surface area contributed by atoms with E-state index in [0.717, 1.165) is 0 Å². The van der Waals surface area contributed by atoms with E-state index in [9.17, 15) is 9.18 Å². The van der Waals surface area contributed by atoms with Crippen LogP contribution in [0.2, 0.25) is 5.02 Å². The van der Waals surface area contributed by atoms with E-state index in [-0.39, 0.29) is 17.5 Å². The molecule has 0 saturated carbocycles. The maximum atomic E-state index is 15.2. The average Bonchev–Trinajstić information content (AvgIpc) is 3.22. The van der Waals surface area contributed by atoms with Gasteiger partial charge in [0.15, 0.2) is 5.17 Å². The molecule has 0 aromatic heterocycles. The van der Waals surface area contributed by atoms with Gasteiger partial charge in [0, 0.05) is 11.3 Å². The van der Waals surface area contributed by atoms with Crippen molar-refractivity contribution in [3.63, 3.8) is 0 Å². The van der Waals surface area contributed by atoms with Gasteiger partial charge in [-0.3, -0.25) is 0 Å². The Hall–Kier alpha value is -2.32. The van der Waals surface area contributed by atoms with Gasteiger partial charge in [0.25, 0.3) is 0 Å². The highest BCUT2D eigenvalue weighted by Crippen LogP contribution is 2.56. The van der Waals surface area contributed by atoms with Gasteiger partial charge in [0.05, 0.1) is 17.7 Å².